The number of nitrogens with one attached hydrogen (secondary N) is 1. The molecule has 1 aliphatic heterocycles. The molecule has 0 amide bonds. The molecule has 154 valence electrons. The van der Waals surface area contributed by atoms with Gasteiger partial charge in [-0.2, -0.15) is 5.10 Å². The summed E-state index contributed by atoms with van der Waals surface area (Å²) < 4.78 is 8.13. The minimum Gasteiger partial charge on any atom is -0.407 e. The SMILES string of the molecule is CC(C)c1cccn2nc([C@@H]3c4nc[nH]c4CCN3c3nnc(C4(C)CC4)o3)cc12. The summed E-state index contributed by atoms with van der Waals surface area (Å²) in [6.45, 7) is 7.36. The van der Waals surface area contributed by atoms with E-state index in [9.17, 15) is 0 Å². The molecule has 1 atom stereocenters. The van der Waals surface area contributed by atoms with Gasteiger partial charge in [-0.1, -0.05) is 31.9 Å². The lowest BCUT2D eigenvalue weighted by Crippen LogP contribution is -2.37. The average Bonchev–Trinajstić information content (AvgIpc) is 3.20. The number of imidazole rings is 1. The van der Waals surface area contributed by atoms with Gasteiger partial charge in [0.25, 0.3) is 0 Å². The average molecular weight is 403 g/mol. The van der Waals surface area contributed by atoms with Gasteiger partial charge in [-0.15, -0.1) is 5.10 Å². The molecule has 4 aromatic rings. The number of nitrogens with zero attached hydrogens (tertiary/aromatic N) is 6. The van der Waals surface area contributed by atoms with E-state index in [-0.39, 0.29) is 11.5 Å². The van der Waals surface area contributed by atoms with Gasteiger partial charge in [-0.25, -0.2) is 9.50 Å². The number of rotatable bonds is 4. The molecule has 30 heavy (non-hydrogen) atoms. The third-order valence-corrected chi connectivity index (χ3v) is 6.56. The van der Waals surface area contributed by atoms with E-state index in [0.717, 1.165) is 54.3 Å². The lowest BCUT2D eigenvalue weighted by atomic mass is 9.99. The van der Waals surface area contributed by atoms with Crippen molar-refractivity contribution >= 4 is 11.5 Å². The van der Waals surface area contributed by atoms with E-state index in [4.69, 9.17) is 9.52 Å². The van der Waals surface area contributed by atoms with E-state index >= 15 is 0 Å². The summed E-state index contributed by atoms with van der Waals surface area (Å²) in [7, 11) is 0. The predicted octanol–water partition coefficient (Wildman–Crippen LogP) is 3.77. The Bertz CT molecular complexity index is 1230. The summed E-state index contributed by atoms with van der Waals surface area (Å²) in [5.41, 5.74) is 5.51. The highest BCUT2D eigenvalue weighted by Crippen LogP contribution is 2.48. The van der Waals surface area contributed by atoms with Crippen LogP contribution in [0.1, 0.15) is 74.1 Å². The molecule has 5 heterocycles. The molecule has 0 aromatic carbocycles. The maximum absolute atomic E-state index is 6.16. The number of hydrogen-bond donors (Lipinski definition) is 1. The topological polar surface area (TPSA) is 88.1 Å². The number of anilines is 1. The number of hydrogen-bond acceptors (Lipinski definition) is 6. The van der Waals surface area contributed by atoms with Gasteiger partial charge in [-0.3, -0.25) is 0 Å². The van der Waals surface area contributed by atoms with Crippen molar-refractivity contribution in [2.45, 2.75) is 57.4 Å². The highest BCUT2D eigenvalue weighted by molar-refractivity contribution is 5.58. The Morgan fingerprint density at radius 1 is 1.27 bits per heavy atom. The molecule has 4 aromatic heterocycles. The van der Waals surface area contributed by atoms with E-state index in [0.29, 0.717) is 11.9 Å². The van der Waals surface area contributed by atoms with Crippen molar-refractivity contribution in [2.75, 3.05) is 11.4 Å². The first-order valence-electron chi connectivity index (χ1n) is 10.6. The molecule has 1 aliphatic carbocycles. The van der Waals surface area contributed by atoms with Gasteiger partial charge >= 0.3 is 6.01 Å². The number of aromatic amines is 1. The summed E-state index contributed by atoms with van der Waals surface area (Å²) in [5.74, 6) is 1.15. The lowest BCUT2D eigenvalue weighted by molar-refractivity contribution is 0.431. The van der Waals surface area contributed by atoms with Crippen molar-refractivity contribution in [3.05, 3.63) is 59.3 Å². The van der Waals surface area contributed by atoms with Gasteiger partial charge < -0.3 is 14.3 Å². The maximum Gasteiger partial charge on any atom is 0.319 e. The van der Waals surface area contributed by atoms with Crippen molar-refractivity contribution in [1.82, 2.24) is 29.8 Å². The Morgan fingerprint density at radius 2 is 2.13 bits per heavy atom. The van der Waals surface area contributed by atoms with Crippen molar-refractivity contribution < 1.29 is 4.42 Å². The molecule has 0 saturated heterocycles. The van der Waals surface area contributed by atoms with Gasteiger partial charge in [-0.05, 0) is 36.5 Å². The molecular formula is C22H25N7O. The van der Waals surface area contributed by atoms with E-state index in [1.807, 2.05) is 10.7 Å². The largest absolute Gasteiger partial charge is 0.407 e. The number of aromatic nitrogens is 6. The molecule has 0 bridgehead atoms. The minimum atomic E-state index is -0.166. The fourth-order valence-electron chi connectivity index (χ4n) is 4.44. The van der Waals surface area contributed by atoms with Crippen LogP contribution in [0.25, 0.3) is 5.52 Å². The van der Waals surface area contributed by atoms with Crippen LogP contribution in [0.2, 0.25) is 0 Å². The predicted molar refractivity (Wildman–Crippen MR) is 112 cm³/mol. The molecular weight excluding hydrogens is 378 g/mol. The summed E-state index contributed by atoms with van der Waals surface area (Å²) in [4.78, 5) is 10.1. The molecule has 1 saturated carbocycles. The fourth-order valence-corrected chi connectivity index (χ4v) is 4.44. The highest BCUT2D eigenvalue weighted by atomic mass is 16.4. The molecule has 6 rings (SSSR count). The summed E-state index contributed by atoms with van der Waals surface area (Å²) in [6.07, 6.45) is 6.83. The van der Waals surface area contributed by atoms with Crippen LogP contribution in [0, 0.1) is 0 Å². The Morgan fingerprint density at radius 3 is 2.93 bits per heavy atom. The van der Waals surface area contributed by atoms with Crippen molar-refractivity contribution in [1.29, 1.82) is 0 Å². The van der Waals surface area contributed by atoms with Crippen LogP contribution in [0.5, 0.6) is 0 Å². The second-order valence-electron chi connectivity index (χ2n) is 9.08. The smallest absolute Gasteiger partial charge is 0.319 e. The van der Waals surface area contributed by atoms with Gasteiger partial charge in [0.05, 0.1) is 23.2 Å². The van der Waals surface area contributed by atoms with E-state index < -0.39 is 0 Å². The first-order valence-corrected chi connectivity index (χ1v) is 10.6. The van der Waals surface area contributed by atoms with Gasteiger partial charge in [0.1, 0.15) is 6.04 Å². The molecule has 0 unspecified atom stereocenters. The lowest BCUT2D eigenvalue weighted by Gasteiger charge is -2.32. The van der Waals surface area contributed by atoms with Gasteiger partial charge in [0.15, 0.2) is 0 Å². The van der Waals surface area contributed by atoms with Crippen LogP contribution in [0.4, 0.5) is 6.01 Å². The van der Waals surface area contributed by atoms with Crippen LogP contribution >= 0.6 is 0 Å². The van der Waals surface area contributed by atoms with Crippen LogP contribution < -0.4 is 4.90 Å². The minimum absolute atomic E-state index is 0.0449. The maximum atomic E-state index is 6.16. The van der Waals surface area contributed by atoms with E-state index in [1.165, 1.54) is 5.56 Å². The quantitative estimate of drug-likeness (QED) is 0.558. The molecule has 1 fully saturated rings. The van der Waals surface area contributed by atoms with Crippen LogP contribution in [-0.2, 0) is 11.8 Å². The van der Waals surface area contributed by atoms with Crippen molar-refractivity contribution in [2.24, 2.45) is 0 Å². The normalized spacial score (nSPS) is 20.1. The Labute approximate surface area is 174 Å². The number of pyridine rings is 1. The molecule has 8 nitrogen and oxygen atoms in total. The first-order chi connectivity index (χ1) is 14.5. The molecule has 1 N–H and O–H groups in total. The number of fused-ring (bicyclic) bond motifs is 2. The van der Waals surface area contributed by atoms with Crippen LogP contribution in [0.3, 0.4) is 0 Å². The Hall–Kier alpha value is -3.16. The monoisotopic (exact) mass is 403 g/mol. The highest BCUT2D eigenvalue weighted by Gasteiger charge is 2.45. The molecule has 2 aliphatic rings. The van der Waals surface area contributed by atoms with Crippen molar-refractivity contribution in [3.8, 4) is 0 Å². The second-order valence-corrected chi connectivity index (χ2v) is 9.08. The van der Waals surface area contributed by atoms with Gasteiger partial charge in [0, 0.05) is 30.3 Å². The Balaban J connectivity index is 1.48. The first kappa shape index (κ1) is 17.7. The van der Waals surface area contributed by atoms with E-state index in [2.05, 4.69) is 64.0 Å². The van der Waals surface area contributed by atoms with Crippen LogP contribution in [0.15, 0.2) is 35.1 Å². The molecule has 8 heteroatoms. The summed E-state index contributed by atoms with van der Waals surface area (Å²) in [6, 6.07) is 6.79. The Kier molecular flexibility index (Phi) is 3.63. The zero-order chi connectivity index (χ0) is 20.5. The third-order valence-electron chi connectivity index (χ3n) is 6.56. The van der Waals surface area contributed by atoms with Crippen LogP contribution in [-0.4, -0.2) is 36.3 Å². The van der Waals surface area contributed by atoms with Gasteiger partial charge in [0.2, 0.25) is 5.89 Å². The summed E-state index contributed by atoms with van der Waals surface area (Å²) in [5, 5.41) is 13.7. The van der Waals surface area contributed by atoms with E-state index in [1.54, 1.807) is 6.33 Å². The molecule has 0 radical (unpaired) electrons. The molecule has 0 spiro atoms. The second kappa shape index (κ2) is 6.17. The fraction of sp³-hybridized carbons (Fsp3) is 0.455. The zero-order valence-corrected chi connectivity index (χ0v) is 17.5. The summed E-state index contributed by atoms with van der Waals surface area (Å²) >= 11 is 0. The zero-order valence-electron chi connectivity index (χ0n) is 17.5. The third kappa shape index (κ3) is 2.59. The standard InChI is InChI=1S/C22H25N7O/c1-13(2)14-5-4-9-29-17(14)11-16(27-29)19-18-15(23-12-24-18)6-10-28(19)21-26-25-20(30-21)22(3)7-8-22/h4-5,9,11-13,19H,6-8,10H2,1-3H3,(H,23,24)/t19-/m1/s1. The number of H-pyrrole nitrogens is 1. The van der Waals surface area contributed by atoms with Crippen molar-refractivity contribution in [3.63, 3.8) is 0 Å².